The van der Waals surface area contributed by atoms with Crippen LogP contribution in [0.2, 0.25) is 10.3 Å². The Labute approximate surface area is 235 Å². The molecule has 12 heteroatoms. The van der Waals surface area contributed by atoms with Crippen molar-refractivity contribution in [3.8, 4) is 12.0 Å². The fraction of sp³-hybridized carbons (Fsp3) is 0.481. The van der Waals surface area contributed by atoms with Gasteiger partial charge in [-0.2, -0.15) is 9.97 Å². The third-order valence-electron chi connectivity index (χ3n) is 7.74. The lowest BCUT2D eigenvalue weighted by atomic mass is 9.99. The highest BCUT2D eigenvalue weighted by atomic mass is 35.5. The van der Waals surface area contributed by atoms with Crippen molar-refractivity contribution >= 4 is 46.2 Å². The number of rotatable bonds is 7. The summed E-state index contributed by atoms with van der Waals surface area (Å²) in [6.07, 6.45) is 3.83. The molecule has 2 aliphatic carbocycles. The number of ether oxygens (including phenoxy) is 3. The number of nitrogens with zero attached hydrogens (tertiary/aromatic N) is 4. The molecule has 1 aromatic carbocycles. The first-order valence-corrected chi connectivity index (χ1v) is 13.5. The van der Waals surface area contributed by atoms with E-state index < -0.39 is 17.3 Å². The number of nitrogens with one attached hydrogen (secondary N) is 1. The molecule has 5 atom stereocenters. The Morgan fingerprint density at radius 3 is 2.90 bits per heavy atom. The third-order valence-corrected chi connectivity index (χ3v) is 8.28. The van der Waals surface area contributed by atoms with Gasteiger partial charge in [0.05, 0.1) is 19.0 Å². The van der Waals surface area contributed by atoms with E-state index >= 15 is 0 Å². The summed E-state index contributed by atoms with van der Waals surface area (Å²) >= 11 is 12.8. The van der Waals surface area contributed by atoms with Gasteiger partial charge in [-0.3, -0.25) is 4.79 Å². The molecule has 0 amide bonds. The Kier molecular flexibility index (Phi) is 6.38. The standard InChI is InChI=1S/C27H27Cl2N5O5/c1-4-37-24(36)27-11-16(27)19(20-21(27)39-26(2,3)38-20)34-13-31-18-22(32-25(29)33-23(18)34)30-12-15-10-14(6-5-9-35)7-8-17(15)28/h7-8,10,13,16,19-21,35H,4,6,11-12H2,1-3H3,(H,30,32,33)/t16-,19-,20+,21+,27+/m1/s1. The molecule has 0 bridgehead atoms. The van der Waals surface area contributed by atoms with Crippen molar-refractivity contribution in [2.45, 2.75) is 64.2 Å². The number of aliphatic hydroxyl groups is 1. The number of imidazole rings is 1. The maximum Gasteiger partial charge on any atom is 0.315 e. The molecule has 39 heavy (non-hydrogen) atoms. The summed E-state index contributed by atoms with van der Waals surface area (Å²) < 4.78 is 20.0. The van der Waals surface area contributed by atoms with Crippen LogP contribution in [0.15, 0.2) is 24.5 Å². The molecule has 3 aromatic rings. The molecule has 204 valence electrons. The van der Waals surface area contributed by atoms with Crippen LogP contribution < -0.4 is 5.32 Å². The van der Waals surface area contributed by atoms with Gasteiger partial charge in [-0.15, -0.1) is 0 Å². The van der Waals surface area contributed by atoms with Crippen LogP contribution in [0, 0.1) is 23.4 Å². The van der Waals surface area contributed by atoms with Gasteiger partial charge in [0.15, 0.2) is 22.8 Å². The van der Waals surface area contributed by atoms with Gasteiger partial charge in [0.1, 0.15) is 23.7 Å². The Morgan fingerprint density at radius 1 is 1.31 bits per heavy atom. The molecule has 1 saturated heterocycles. The molecule has 10 nitrogen and oxygen atoms in total. The number of carbonyl (C=O) groups excluding carboxylic acids is 1. The second-order valence-electron chi connectivity index (χ2n) is 10.5. The molecule has 6 rings (SSSR count). The average Bonchev–Trinajstić information content (AvgIpc) is 3.22. The molecule has 3 fully saturated rings. The molecular weight excluding hydrogens is 545 g/mol. The number of hydrogen-bond acceptors (Lipinski definition) is 9. The smallest absolute Gasteiger partial charge is 0.315 e. The maximum absolute atomic E-state index is 13.1. The highest BCUT2D eigenvalue weighted by Crippen LogP contribution is 2.72. The minimum atomic E-state index is -0.840. The number of aliphatic hydroxyl groups excluding tert-OH is 1. The normalized spacial score (nSPS) is 27.9. The molecule has 1 aliphatic heterocycles. The number of aromatic nitrogens is 4. The van der Waals surface area contributed by atoms with Crippen LogP contribution in [-0.4, -0.2) is 55.2 Å². The van der Waals surface area contributed by atoms with Crippen molar-refractivity contribution < 1.29 is 24.1 Å². The number of hydrogen-bond donors (Lipinski definition) is 2. The van der Waals surface area contributed by atoms with Gasteiger partial charge in [0, 0.05) is 23.9 Å². The number of fused-ring (bicyclic) bond motifs is 4. The quantitative estimate of drug-likeness (QED) is 0.243. The number of carbonyl (C=O) groups is 1. The minimum Gasteiger partial charge on any atom is -0.465 e. The predicted molar refractivity (Wildman–Crippen MR) is 143 cm³/mol. The van der Waals surface area contributed by atoms with E-state index in [1.54, 1.807) is 19.3 Å². The zero-order valence-corrected chi connectivity index (χ0v) is 23.1. The number of halogens is 2. The number of anilines is 1. The van der Waals surface area contributed by atoms with Crippen molar-refractivity contribution in [2.75, 3.05) is 11.9 Å². The Hall–Kier alpha value is -3.10. The van der Waals surface area contributed by atoms with E-state index in [2.05, 4.69) is 26.2 Å². The first-order chi connectivity index (χ1) is 18.7. The Balaban J connectivity index is 1.33. The SMILES string of the molecule is CCOC(=O)[C@@]12C[C@@H]1[C@@H](n1cnc3c(NCc4cc(CC#CO)ccc4Cl)nc(Cl)nc31)[C@@H]1OC(C)(C)O[C@@H]12. The van der Waals surface area contributed by atoms with Crippen LogP contribution in [0.5, 0.6) is 0 Å². The topological polar surface area (TPSA) is 121 Å². The van der Waals surface area contributed by atoms with Crippen LogP contribution >= 0.6 is 23.2 Å². The summed E-state index contributed by atoms with van der Waals surface area (Å²) in [5.74, 6) is 1.94. The van der Waals surface area contributed by atoms with Crippen molar-refractivity contribution in [3.05, 3.63) is 46.0 Å². The van der Waals surface area contributed by atoms with Crippen molar-refractivity contribution in [3.63, 3.8) is 0 Å². The van der Waals surface area contributed by atoms with Crippen LogP contribution in [0.4, 0.5) is 5.82 Å². The fourth-order valence-corrected chi connectivity index (χ4v) is 6.47. The van der Waals surface area contributed by atoms with Crippen LogP contribution in [0.3, 0.4) is 0 Å². The lowest BCUT2D eigenvalue weighted by Gasteiger charge is -2.24. The largest absolute Gasteiger partial charge is 0.465 e. The van der Waals surface area contributed by atoms with E-state index in [-0.39, 0.29) is 29.3 Å². The fourth-order valence-electron chi connectivity index (χ4n) is 6.12. The summed E-state index contributed by atoms with van der Waals surface area (Å²) in [6.45, 7) is 6.15. The molecule has 3 aliphatic rings. The molecule has 0 radical (unpaired) electrons. The summed E-state index contributed by atoms with van der Waals surface area (Å²) in [7, 11) is 0. The van der Waals surface area contributed by atoms with Crippen molar-refractivity contribution in [2.24, 2.45) is 11.3 Å². The van der Waals surface area contributed by atoms with Gasteiger partial charge >= 0.3 is 5.97 Å². The lowest BCUT2D eigenvalue weighted by molar-refractivity contribution is -0.172. The van der Waals surface area contributed by atoms with Crippen LogP contribution in [-0.2, 0) is 32.0 Å². The van der Waals surface area contributed by atoms with Crippen LogP contribution in [0.25, 0.3) is 11.2 Å². The molecule has 2 aromatic heterocycles. The summed E-state index contributed by atoms with van der Waals surface area (Å²) in [4.78, 5) is 26.6. The highest BCUT2D eigenvalue weighted by molar-refractivity contribution is 6.31. The molecule has 0 unspecified atom stereocenters. The van der Waals surface area contributed by atoms with Gasteiger partial charge < -0.3 is 29.2 Å². The van der Waals surface area contributed by atoms with Gasteiger partial charge in [-0.1, -0.05) is 29.7 Å². The zero-order chi connectivity index (χ0) is 27.5. The summed E-state index contributed by atoms with van der Waals surface area (Å²) in [6, 6.07) is 5.32. The molecular formula is C27H27Cl2N5O5. The second kappa shape index (κ2) is 9.52. The third kappa shape index (κ3) is 4.28. The predicted octanol–water partition coefficient (Wildman–Crippen LogP) is 4.27. The van der Waals surface area contributed by atoms with Crippen molar-refractivity contribution in [1.29, 1.82) is 0 Å². The molecule has 2 N–H and O–H groups in total. The average molecular weight is 572 g/mol. The van der Waals surface area contributed by atoms with E-state index in [4.69, 9.17) is 42.5 Å². The van der Waals surface area contributed by atoms with E-state index in [1.807, 2.05) is 36.7 Å². The summed E-state index contributed by atoms with van der Waals surface area (Å²) in [5, 5.41) is 12.7. The van der Waals surface area contributed by atoms with Gasteiger partial charge in [-0.05, 0) is 56.0 Å². The summed E-state index contributed by atoms with van der Waals surface area (Å²) in [5.41, 5.74) is 2.04. The van der Waals surface area contributed by atoms with Gasteiger partial charge in [0.2, 0.25) is 5.28 Å². The van der Waals surface area contributed by atoms with E-state index in [0.717, 1.165) is 11.1 Å². The van der Waals surface area contributed by atoms with Crippen molar-refractivity contribution in [1.82, 2.24) is 19.5 Å². The maximum atomic E-state index is 13.1. The first kappa shape index (κ1) is 26.1. The number of benzene rings is 1. The Morgan fingerprint density at radius 2 is 2.13 bits per heavy atom. The van der Waals surface area contributed by atoms with Gasteiger partial charge in [-0.25, -0.2) is 4.98 Å². The Bertz CT molecular complexity index is 1530. The van der Waals surface area contributed by atoms with E-state index in [9.17, 15) is 4.79 Å². The second-order valence-corrected chi connectivity index (χ2v) is 11.2. The van der Waals surface area contributed by atoms with Crippen LogP contribution in [0.1, 0.15) is 44.4 Å². The molecule has 0 spiro atoms. The van der Waals surface area contributed by atoms with E-state index in [0.29, 0.717) is 48.0 Å². The van der Waals surface area contributed by atoms with E-state index in [1.165, 1.54) is 0 Å². The molecule has 2 saturated carbocycles. The highest BCUT2D eigenvalue weighted by Gasteiger charge is 2.80. The monoisotopic (exact) mass is 571 g/mol. The first-order valence-electron chi connectivity index (χ1n) is 12.7. The van der Waals surface area contributed by atoms with Gasteiger partial charge in [0.25, 0.3) is 0 Å². The molecule has 3 heterocycles. The lowest BCUT2D eigenvalue weighted by Crippen LogP contribution is -2.36. The zero-order valence-electron chi connectivity index (χ0n) is 21.6. The number of esters is 1. The minimum absolute atomic E-state index is 0.0474.